The predicted molar refractivity (Wildman–Crippen MR) is 142 cm³/mol. The Hall–Kier alpha value is -3.61. The van der Waals surface area contributed by atoms with E-state index in [2.05, 4.69) is 26.1 Å². The highest BCUT2D eigenvalue weighted by molar-refractivity contribution is 6.53. The van der Waals surface area contributed by atoms with Crippen molar-refractivity contribution in [1.82, 2.24) is 0 Å². The van der Waals surface area contributed by atoms with Crippen LogP contribution in [-0.4, -0.2) is 17.8 Å². The number of aryl methyl sites for hydroxylation is 1. The lowest BCUT2D eigenvalue weighted by Crippen LogP contribution is -2.32. The van der Waals surface area contributed by atoms with Gasteiger partial charge in [-0.1, -0.05) is 67.7 Å². The summed E-state index contributed by atoms with van der Waals surface area (Å²) in [5.41, 5.74) is 2.87. The topological polar surface area (TPSA) is 75.7 Å². The molecule has 0 unspecified atom stereocenters. The Morgan fingerprint density at radius 2 is 1.61 bits per heavy atom. The summed E-state index contributed by atoms with van der Waals surface area (Å²) in [7, 11) is 0. The standard InChI is InChI=1S/C28H24Cl2N2O4/c1-16-8-13-22(21(14-16)28(2,3)4)36-27(35)17-9-11-19(12-10-17)31-24-23(30)25(33)32(26(24)34)20-7-5-6-18(29)15-20/h5-15,31H,1-4H3. The molecule has 4 rings (SSSR count). The molecule has 0 saturated heterocycles. The van der Waals surface area contributed by atoms with Crippen LogP contribution in [0.3, 0.4) is 0 Å². The fourth-order valence-corrected chi connectivity index (χ4v) is 4.17. The van der Waals surface area contributed by atoms with Crippen LogP contribution >= 0.6 is 23.2 Å². The molecule has 36 heavy (non-hydrogen) atoms. The minimum absolute atomic E-state index is 0.0635. The van der Waals surface area contributed by atoms with Crippen molar-refractivity contribution < 1.29 is 19.1 Å². The van der Waals surface area contributed by atoms with Gasteiger partial charge in [-0.2, -0.15) is 0 Å². The van der Waals surface area contributed by atoms with Crippen molar-refractivity contribution in [3.63, 3.8) is 0 Å². The predicted octanol–water partition coefficient (Wildman–Crippen LogP) is 6.60. The van der Waals surface area contributed by atoms with E-state index >= 15 is 0 Å². The van der Waals surface area contributed by atoms with Gasteiger partial charge in [0, 0.05) is 16.3 Å². The second-order valence-corrected chi connectivity index (χ2v) is 10.3. The molecule has 1 aliphatic rings. The van der Waals surface area contributed by atoms with Crippen molar-refractivity contribution in [1.29, 1.82) is 0 Å². The highest BCUT2D eigenvalue weighted by atomic mass is 35.5. The van der Waals surface area contributed by atoms with E-state index in [0.717, 1.165) is 16.0 Å². The van der Waals surface area contributed by atoms with E-state index in [1.54, 1.807) is 48.5 Å². The smallest absolute Gasteiger partial charge is 0.343 e. The van der Waals surface area contributed by atoms with Crippen LogP contribution in [0, 0.1) is 6.92 Å². The summed E-state index contributed by atoms with van der Waals surface area (Å²) < 4.78 is 5.70. The van der Waals surface area contributed by atoms with Crippen LogP contribution in [0.5, 0.6) is 5.75 Å². The molecule has 0 atom stereocenters. The molecule has 2 amide bonds. The normalized spacial score (nSPS) is 13.9. The molecular formula is C28H24Cl2N2O4. The zero-order chi connectivity index (χ0) is 26.2. The largest absolute Gasteiger partial charge is 0.423 e. The third kappa shape index (κ3) is 5.15. The van der Waals surface area contributed by atoms with Gasteiger partial charge in [0.15, 0.2) is 0 Å². The van der Waals surface area contributed by atoms with Gasteiger partial charge in [-0.3, -0.25) is 9.59 Å². The molecule has 1 heterocycles. The van der Waals surface area contributed by atoms with Crippen LogP contribution in [-0.2, 0) is 15.0 Å². The van der Waals surface area contributed by atoms with E-state index in [0.29, 0.717) is 27.7 Å². The molecule has 8 heteroatoms. The van der Waals surface area contributed by atoms with E-state index in [1.807, 2.05) is 19.1 Å². The molecule has 1 aliphatic heterocycles. The third-order valence-corrected chi connectivity index (χ3v) is 6.22. The Morgan fingerprint density at radius 1 is 0.917 bits per heavy atom. The number of amides is 2. The van der Waals surface area contributed by atoms with Gasteiger partial charge in [-0.25, -0.2) is 9.69 Å². The lowest BCUT2D eigenvalue weighted by atomic mass is 9.85. The van der Waals surface area contributed by atoms with Crippen LogP contribution < -0.4 is 15.0 Å². The van der Waals surface area contributed by atoms with E-state index in [4.69, 9.17) is 27.9 Å². The first kappa shape index (κ1) is 25.5. The van der Waals surface area contributed by atoms with E-state index < -0.39 is 17.8 Å². The Morgan fingerprint density at radius 3 is 2.25 bits per heavy atom. The fourth-order valence-electron chi connectivity index (χ4n) is 3.77. The first-order valence-electron chi connectivity index (χ1n) is 11.2. The SMILES string of the molecule is Cc1ccc(OC(=O)c2ccc(NC3=C(Cl)C(=O)N(c4cccc(Cl)c4)C3=O)cc2)c(C(C)(C)C)c1. The lowest BCUT2D eigenvalue weighted by Gasteiger charge is -2.22. The maximum absolute atomic E-state index is 12.9. The van der Waals surface area contributed by atoms with Crippen LogP contribution in [0.25, 0.3) is 0 Å². The monoisotopic (exact) mass is 522 g/mol. The van der Waals surface area contributed by atoms with E-state index in [-0.39, 0.29) is 16.1 Å². The third-order valence-electron chi connectivity index (χ3n) is 5.63. The number of imide groups is 1. The van der Waals surface area contributed by atoms with Gasteiger partial charge in [0.05, 0.1) is 11.3 Å². The molecule has 0 aliphatic carbocycles. The number of hydrogen-bond acceptors (Lipinski definition) is 5. The molecule has 6 nitrogen and oxygen atoms in total. The minimum Gasteiger partial charge on any atom is -0.423 e. The summed E-state index contributed by atoms with van der Waals surface area (Å²) in [5.74, 6) is -1.26. The number of halogens is 2. The maximum Gasteiger partial charge on any atom is 0.343 e. The van der Waals surface area contributed by atoms with Gasteiger partial charge in [0.1, 0.15) is 16.5 Å². The highest BCUT2D eigenvalue weighted by Crippen LogP contribution is 2.33. The maximum atomic E-state index is 12.9. The minimum atomic E-state index is -0.653. The van der Waals surface area contributed by atoms with Gasteiger partial charge in [0.2, 0.25) is 0 Å². The van der Waals surface area contributed by atoms with Crippen molar-refractivity contribution in [2.24, 2.45) is 0 Å². The second-order valence-electron chi connectivity index (χ2n) is 9.46. The molecule has 0 spiro atoms. The molecule has 3 aromatic rings. The van der Waals surface area contributed by atoms with E-state index in [9.17, 15) is 14.4 Å². The van der Waals surface area contributed by atoms with Crippen molar-refractivity contribution in [2.45, 2.75) is 33.1 Å². The fraction of sp³-hybridized carbons (Fsp3) is 0.179. The second kappa shape index (κ2) is 9.80. The van der Waals surface area contributed by atoms with Gasteiger partial charge in [-0.05, 0) is 60.9 Å². The Bertz CT molecular complexity index is 1410. The summed E-state index contributed by atoms with van der Waals surface area (Å²) in [6.45, 7) is 8.16. The summed E-state index contributed by atoms with van der Waals surface area (Å²) >= 11 is 12.2. The highest BCUT2D eigenvalue weighted by Gasteiger charge is 2.39. The number of carbonyl (C=O) groups excluding carboxylic acids is 3. The van der Waals surface area contributed by atoms with Crippen LogP contribution in [0.4, 0.5) is 11.4 Å². The molecule has 0 saturated carbocycles. The van der Waals surface area contributed by atoms with Gasteiger partial charge < -0.3 is 10.1 Å². The number of hydrogen-bond donors (Lipinski definition) is 1. The molecule has 0 bridgehead atoms. The average molecular weight is 523 g/mol. The van der Waals surface area contributed by atoms with Crippen LogP contribution in [0.1, 0.15) is 42.3 Å². The number of rotatable bonds is 5. The van der Waals surface area contributed by atoms with Crippen molar-refractivity contribution in [3.8, 4) is 5.75 Å². The molecule has 0 aromatic heterocycles. The number of nitrogens with one attached hydrogen (secondary N) is 1. The van der Waals surface area contributed by atoms with Gasteiger partial charge >= 0.3 is 5.97 Å². The zero-order valence-corrected chi connectivity index (χ0v) is 21.7. The van der Waals surface area contributed by atoms with E-state index in [1.165, 1.54) is 6.07 Å². The number of nitrogens with zero attached hydrogens (tertiary/aromatic N) is 1. The first-order chi connectivity index (χ1) is 17.0. The Kier molecular flexibility index (Phi) is 6.94. The van der Waals surface area contributed by atoms with Gasteiger partial charge in [0.25, 0.3) is 11.8 Å². The quantitative estimate of drug-likeness (QED) is 0.232. The van der Waals surface area contributed by atoms with Gasteiger partial charge in [-0.15, -0.1) is 0 Å². The summed E-state index contributed by atoms with van der Waals surface area (Å²) in [4.78, 5) is 39.4. The zero-order valence-electron chi connectivity index (χ0n) is 20.2. The van der Waals surface area contributed by atoms with Crippen molar-refractivity contribution in [2.75, 3.05) is 10.2 Å². The number of esters is 1. The molecule has 184 valence electrons. The van der Waals surface area contributed by atoms with Crippen molar-refractivity contribution in [3.05, 3.63) is 99.2 Å². The molecule has 1 N–H and O–H groups in total. The molecule has 3 aromatic carbocycles. The molecule has 0 radical (unpaired) electrons. The molecule has 0 fully saturated rings. The van der Waals surface area contributed by atoms with Crippen LogP contribution in [0.15, 0.2) is 77.5 Å². The Balaban J connectivity index is 1.50. The Labute approximate surface area is 219 Å². The average Bonchev–Trinajstić information content (AvgIpc) is 3.03. The molecular weight excluding hydrogens is 499 g/mol. The van der Waals surface area contributed by atoms with Crippen molar-refractivity contribution >= 4 is 52.4 Å². The number of ether oxygens (including phenoxy) is 1. The summed E-state index contributed by atoms with van der Waals surface area (Å²) in [6, 6.07) is 18.4. The van der Waals surface area contributed by atoms with Crippen LogP contribution in [0.2, 0.25) is 5.02 Å². The lowest BCUT2D eigenvalue weighted by molar-refractivity contribution is -0.120. The number of benzene rings is 3. The number of anilines is 2. The first-order valence-corrected chi connectivity index (χ1v) is 12.0. The summed E-state index contributed by atoms with van der Waals surface area (Å²) in [6.07, 6.45) is 0. The number of carbonyl (C=O) groups is 3. The summed E-state index contributed by atoms with van der Waals surface area (Å²) in [5, 5.41) is 3.03.